The van der Waals surface area contributed by atoms with Crippen LogP contribution >= 0.6 is 0 Å². The van der Waals surface area contributed by atoms with E-state index in [2.05, 4.69) is 20.9 Å². The fourth-order valence-corrected chi connectivity index (χ4v) is 4.41. The number of nitrogens with one attached hydrogen (secondary N) is 3. The van der Waals surface area contributed by atoms with Crippen LogP contribution in [0.4, 0.5) is 0 Å². The van der Waals surface area contributed by atoms with Gasteiger partial charge in [0.25, 0.3) is 0 Å². The second kappa shape index (κ2) is 18.8. The number of primary amides is 1. The summed E-state index contributed by atoms with van der Waals surface area (Å²) in [5.74, 6) is -2.55. The average Bonchev–Trinajstić information content (AvgIpc) is 2.99. The van der Waals surface area contributed by atoms with Crippen LogP contribution in [0.1, 0.15) is 43.2 Å². The molecule has 0 aliphatic heterocycles. The van der Waals surface area contributed by atoms with E-state index in [9.17, 15) is 24.3 Å². The number of hydrogen-bond acceptors (Lipinski definition) is 8. The molecule has 0 spiro atoms. The topological polar surface area (TPSA) is 267 Å². The van der Waals surface area contributed by atoms with Crippen LogP contribution in [0.5, 0.6) is 5.75 Å². The Bertz CT molecular complexity index is 1240. The van der Waals surface area contributed by atoms with Crippen molar-refractivity contribution in [3.8, 4) is 5.75 Å². The summed E-state index contributed by atoms with van der Waals surface area (Å²) in [6.07, 6.45) is 2.28. The number of nitrogens with zero attached hydrogens (tertiary/aromatic N) is 1. The maximum absolute atomic E-state index is 13.6. The number of hydrogen-bond donors (Lipinski definition) is 9. The third kappa shape index (κ3) is 13.1. The van der Waals surface area contributed by atoms with E-state index in [1.165, 1.54) is 12.1 Å². The first-order chi connectivity index (χ1) is 21.0. The van der Waals surface area contributed by atoms with Crippen LogP contribution in [0.15, 0.2) is 59.6 Å². The molecule has 0 aromatic heterocycles. The fraction of sp³-hybridized carbons (Fsp3) is 0.433. The standard InChI is InChI=1S/C30H45N9O5/c31-15-5-4-9-23(26(33)41)37-29(44)25(18-19-7-2-1-3-8-19)39-28(43)24(10-6-16-36-30(34)35)38-27(42)22(32)17-20-11-13-21(40)14-12-20/h1-3,7-8,11-14,22-25,40H,4-6,9-10,15-18,31-32H2,(H2,33,41)(H,37,44)(H,38,42)(H,39,43)(H4,34,35,36)/t22-,23-,24-,25-/m0/s1. The molecule has 44 heavy (non-hydrogen) atoms. The highest BCUT2D eigenvalue weighted by Crippen LogP contribution is 2.12. The SMILES string of the molecule is NCCCC[C@H](NC(=O)[C@H](Cc1ccccc1)NC(=O)[C@H](CCCN=C(N)N)NC(=O)[C@@H](N)Cc1ccc(O)cc1)C(N)=O. The van der Waals surface area contributed by atoms with Crippen molar-refractivity contribution in [2.45, 2.75) is 69.1 Å². The van der Waals surface area contributed by atoms with Crippen molar-refractivity contribution in [2.75, 3.05) is 13.1 Å². The first kappa shape index (κ1) is 35.5. The molecule has 14 heteroatoms. The van der Waals surface area contributed by atoms with E-state index in [4.69, 9.17) is 28.7 Å². The smallest absolute Gasteiger partial charge is 0.243 e. The number of unbranched alkanes of at least 4 members (excludes halogenated alkanes) is 1. The van der Waals surface area contributed by atoms with Crippen LogP contribution in [0.3, 0.4) is 0 Å². The summed E-state index contributed by atoms with van der Waals surface area (Å²) in [4.78, 5) is 56.0. The first-order valence-corrected chi connectivity index (χ1v) is 14.5. The Hall–Kier alpha value is -4.69. The van der Waals surface area contributed by atoms with E-state index >= 15 is 0 Å². The molecule has 2 aromatic carbocycles. The minimum Gasteiger partial charge on any atom is -0.508 e. The fourth-order valence-electron chi connectivity index (χ4n) is 4.41. The third-order valence-corrected chi connectivity index (χ3v) is 6.83. The number of guanidine groups is 1. The van der Waals surface area contributed by atoms with Gasteiger partial charge in [0.1, 0.15) is 23.9 Å². The summed E-state index contributed by atoms with van der Waals surface area (Å²) in [5.41, 5.74) is 29.5. The maximum Gasteiger partial charge on any atom is 0.243 e. The van der Waals surface area contributed by atoms with Crippen LogP contribution in [-0.4, -0.2) is 72.0 Å². The summed E-state index contributed by atoms with van der Waals surface area (Å²) in [6.45, 7) is 0.638. The van der Waals surface area contributed by atoms with E-state index < -0.39 is 47.8 Å². The normalized spacial score (nSPS) is 13.5. The van der Waals surface area contributed by atoms with E-state index in [1.807, 2.05) is 6.07 Å². The number of carbonyl (C=O) groups excluding carboxylic acids is 4. The maximum atomic E-state index is 13.6. The van der Waals surface area contributed by atoms with Crippen molar-refractivity contribution in [2.24, 2.45) is 33.7 Å². The summed E-state index contributed by atoms with van der Waals surface area (Å²) in [6, 6.07) is 11.2. The lowest BCUT2D eigenvalue weighted by molar-refractivity contribution is -0.133. The Morgan fingerprint density at radius 3 is 1.89 bits per heavy atom. The zero-order valence-electron chi connectivity index (χ0n) is 24.8. The number of aromatic hydroxyl groups is 1. The zero-order valence-corrected chi connectivity index (χ0v) is 24.8. The number of aliphatic imine (C=N–C) groups is 1. The average molecular weight is 612 g/mol. The van der Waals surface area contributed by atoms with Gasteiger partial charge in [-0.25, -0.2) is 0 Å². The number of rotatable bonds is 19. The lowest BCUT2D eigenvalue weighted by atomic mass is 10.0. The van der Waals surface area contributed by atoms with Crippen molar-refractivity contribution in [3.63, 3.8) is 0 Å². The van der Waals surface area contributed by atoms with Crippen molar-refractivity contribution in [3.05, 3.63) is 65.7 Å². The predicted octanol–water partition coefficient (Wildman–Crippen LogP) is -1.37. The molecule has 240 valence electrons. The molecule has 14 N–H and O–H groups in total. The molecule has 14 nitrogen and oxygen atoms in total. The highest BCUT2D eigenvalue weighted by molar-refractivity contribution is 5.94. The van der Waals surface area contributed by atoms with Gasteiger partial charge in [-0.1, -0.05) is 42.5 Å². The molecule has 0 aliphatic rings. The van der Waals surface area contributed by atoms with Gasteiger partial charge in [-0.2, -0.15) is 0 Å². The lowest BCUT2D eigenvalue weighted by Gasteiger charge is -2.25. The van der Waals surface area contributed by atoms with Gasteiger partial charge in [0.15, 0.2) is 5.96 Å². The van der Waals surface area contributed by atoms with Crippen molar-refractivity contribution >= 4 is 29.6 Å². The molecular weight excluding hydrogens is 566 g/mol. The Morgan fingerprint density at radius 2 is 1.27 bits per heavy atom. The van der Waals surface area contributed by atoms with Crippen LogP contribution in [0.2, 0.25) is 0 Å². The third-order valence-electron chi connectivity index (χ3n) is 6.83. The second-order valence-corrected chi connectivity index (χ2v) is 10.5. The van der Waals surface area contributed by atoms with E-state index in [0.29, 0.717) is 37.8 Å². The van der Waals surface area contributed by atoms with Crippen LogP contribution in [0, 0.1) is 0 Å². The molecule has 0 bridgehead atoms. The molecule has 2 rings (SSSR count). The zero-order chi connectivity index (χ0) is 32.5. The molecule has 0 heterocycles. The molecule has 0 radical (unpaired) electrons. The van der Waals surface area contributed by atoms with Gasteiger partial charge in [-0.15, -0.1) is 0 Å². The number of phenolic OH excluding ortho intramolecular Hbond substituents is 1. The molecular formula is C30H45N9O5. The molecule has 0 fully saturated rings. The van der Waals surface area contributed by atoms with Gasteiger partial charge >= 0.3 is 0 Å². The van der Waals surface area contributed by atoms with Crippen molar-refractivity contribution < 1.29 is 24.3 Å². The van der Waals surface area contributed by atoms with E-state index in [1.54, 1.807) is 36.4 Å². The Morgan fingerprint density at radius 1 is 0.705 bits per heavy atom. The van der Waals surface area contributed by atoms with Crippen LogP contribution in [-0.2, 0) is 32.0 Å². The molecule has 0 saturated heterocycles. The highest BCUT2D eigenvalue weighted by atomic mass is 16.3. The van der Waals surface area contributed by atoms with E-state index in [0.717, 1.165) is 5.56 Å². The van der Waals surface area contributed by atoms with Gasteiger partial charge in [0, 0.05) is 13.0 Å². The molecule has 0 aliphatic carbocycles. The number of benzene rings is 2. The largest absolute Gasteiger partial charge is 0.508 e. The van der Waals surface area contributed by atoms with E-state index in [-0.39, 0.29) is 37.5 Å². The second-order valence-electron chi connectivity index (χ2n) is 10.5. The minimum absolute atomic E-state index is 0.0797. The number of amides is 4. The van der Waals surface area contributed by atoms with Crippen molar-refractivity contribution in [1.29, 1.82) is 0 Å². The lowest BCUT2D eigenvalue weighted by Crippen LogP contribution is -2.58. The Balaban J connectivity index is 2.23. The summed E-state index contributed by atoms with van der Waals surface area (Å²) < 4.78 is 0. The Labute approximate surface area is 257 Å². The Kier molecular flexibility index (Phi) is 15.1. The van der Waals surface area contributed by atoms with Crippen LogP contribution < -0.4 is 44.6 Å². The number of nitrogens with two attached hydrogens (primary N) is 5. The van der Waals surface area contributed by atoms with Gasteiger partial charge in [-0.05, 0) is 68.3 Å². The van der Waals surface area contributed by atoms with Gasteiger partial charge in [0.2, 0.25) is 23.6 Å². The first-order valence-electron chi connectivity index (χ1n) is 14.5. The van der Waals surface area contributed by atoms with Crippen LogP contribution in [0.25, 0.3) is 0 Å². The molecule has 4 amide bonds. The molecule has 0 saturated carbocycles. The monoisotopic (exact) mass is 611 g/mol. The highest BCUT2D eigenvalue weighted by Gasteiger charge is 2.30. The number of phenols is 1. The van der Waals surface area contributed by atoms with Crippen molar-refractivity contribution in [1.82, 2.24) is 16.0 Å². The molecule has 4 atom stereocenters. The molecule has 2 aromatic rings. The summed E-state index contributed by atoms with van der Waals surface area (Å²) >= 11 is 0. The summed E-state index contributed by atoms with van der Waals surface area (Å²) in [7, 11) is 0. The summed E-state index contributed by atoms with van der Waals surface area (Å²) in [5, 5.41) is 17.6. The predicted molar refractivity (Wildman–Crippen MR) is 168 cm³/mol. The number of carbonyl (C=O) groups is 4. The molecule has 0 unspecified atom stereocenters. The quantitative estimate of drug-likeness (QED) is 0.0514. The minimum atomic E-state index is -1.09. The van der Waals surface area contributed by atoms with Gasteiger partial charge in [0.05, 0.1) is 6.04 Å². The van der Waals surface area contributed by atoms with Gasteiger partial charge < -0.3 is 49.7 Å². The van der Waals surface area contributed by atoms with Gasteiger partial charge in [-0.3, -0.25) is 24.2 Å².